The van der Waals surface area contributed by atoms with Gasteiger partial charge < -0.3 is 11.1 Å². The van der Waals surface area contributed by atoms with E-state index in [1.165, 1.54) is 25.7 Å². The largest absolute Gasteiger partial charge is 0.352 e. The number of nitrogens with one attached hydrogen (secondary N) is 1. The van der Waals surface area contributed by atoms with Crippen molar-refractivity contribution in [2.24, 2.45) is 23.5 Å². The first kappa shape index (κ1) is 12.9. The zero-order valence-electron chi connectivity index (χ0n) is 11.1. The van der Waals surface area contributed by atoms with E-state index in [1.54, 1.807) is 0 Å². The van der Waals surface area contributed by atoms with Crippen molar-refractivity contribution in [1.29, 1.82) is 0 Å². The molecule has 17 heavy (non-hydrogen) atoms. The molecule has 2 aliphatic carbocycles. The summed E-state index contributed by atoms with van der Waals surface area (Å²) in [5, 5.41) is 3.13. The zero-order valence-corrected chi connectivity index (χ0v) is 11.1. The molecule has 0 saturated heterocycles. The number of amides is 1. The van der Waals surface area contributed by atoms with E-state index < -0.39 is 0 Å². The van der Waals surface area contributed by atoms with Gasteiger partial charge in [-0.05, 0) is 50.4 Å². The summed E-state index contributed by atoms with van der Waals surface area (Å²) in [6, 6.07) is -0.0123. The molecule has 2 fully saturated rings. The van der Waals surface area contributed by atoms with E-state index in [9.17, 15) is 4.79 Å². The molecule has 2 rings (SSSR count). The van der Waals surface area contributed by atoms with Crippen molar-refractivity contribution >= 4 is 5.91 Å². The Hall–Kier alpha value is -0.570. The SMILES string of the molecule is CCC[C@@H](N)C(=O)NC(C)C1CC2CCC1C2. The van der Waals surface area contributed by atoms with Crippen LogP contribution in [0.25, 0.3) is 0 Å². The van der Waals surface area contributed by atoms with Gasteiger partial charge in [0.1, 0.15) is 0 Å². The molecule has 5 atom stereocenters. The molecule has 0 aromatic heterocycles. The van der Waals surface area contributed by atoms with Gasteiger partial charge in [-0.1, -0.05) is 19.8 Å². The standard InChI is InChI=1S/C14H26N2O/c1-3-4-13(15)14(17)16-9(2)12-8-10-5-6-11(12)7-10/h9-13H,3-8,15H2,1-2H3,(H,16,17)/t9?,10?,11?,12?,13-/m1/s1. The number of hydrogen-bond acceptors (Lipinski definition) is 2. The van der Waals surface area contributed by atoms with E-state index in [1.807, 2.05) is 0 Å². The molecule has 4 unspecified atom stereocenters. The minimum Gasteiger partial charge on any atom is -0.352 e. The smallest absolute Gasteiger partial charge is 0.237 e. The third-order valence-corrected chi connectivity index (χ3v) is 4.74. The summed E-state index contributed by atoms with van der Waals surface area (Å²) in [7, 11) is 0. The number of fused-ring (bicyclic) bond motifs is 2. The summed E-state index contributed by atoms with van der Waals surface area (Å²) in [5.41, 5.74) is 5.84. The average molecular weight is 238 g/mol. The van der Waals surface area contributed by atoms with Gasteiger partial charge in [0, 0.05) is 6.04 Å². The van der Waals surface area contributed by atoms with Crippen molar-refractivity contribution in [3.8, 4) is 0 Å². The molecule has 0 heterocycles. The van der Waals surface area contributed by atoms with Crippen molar-refractivity contribution in [2.75, 3.05) is 0 Å². The van der Waals surface area contributed by atoms with Crippen molar-refractivity contribution in [3.63, 3.8) is 0 Å². The Morgan fingerprint density at radius 2 is 2.18 bits per heavy atom. The van der Waals surface area contributed by atoms with Crippen LogP contribution in [-0.2, 0) is 4.79 Å². The van der Waals surface area contributed by atoms with E-state index in [0.717, 1.165) is 24.7 Å². The van der Waals surface area contributed by atoms with Gasteiger partial charge >= 0.3 is 0 Å². The predicted molar refractivity (Wildman–Crippen MR) is 69.4 cm³/mol. The second-order valence-electron chi connectivity index (χ2n) is 6.03. The maximum Gasteiger partial charge on any atom is 0.237 e. The molecule has 3 N–H and O–H groups in total. The highest BCUT2D eigenvalue weighted by atomic mass is 16.2. The van der Waals surface area contributed by atoms with Crippen LogP contribution in [0, 0.1) is 17.8 Å². The van der Waals surface area contributed by atoms with Gasteiger partial charge in [0.25, 0.3) is 0 Å². The van der Waals surface area contributed by atoms with Crippen LogP contribution in [0.15, 0.2) is 0 Å². The molecule has 0 radical (unpaired) electrons. The number of carbonyl (C=O) groups is 1. The van der Waals surface area contributed by atoms with Crippen molar-refractivity contribution in [3.05, 3.63) is 0 Å². The topological polar surface area (TPSA) is 55.1 Å². The number of rotatable bonds is 5. The van der Waals surface area contributed by atoms with Gasteiger partial charge in [-0.3, -0.25) is 4.79 Å². The quantitative estimate of drug-likeness (QED) is 0.770. The molecular weight excluding hydrogens is 212 g/mol. The highest BCUT2D eigenvalue weighted by Gasteiger charge is 2.42. The molecule has 3 nitrogen and oxygen atoms in total. The third kappa shape index (κ3) is 2.82. The molecule has 0 aliphatic heterocycles. The normalized spacial score (nSPS) is 34.6. The van der Waals surface area contributed by atoms with Crippen LogP contribution in [0.3, 0.4) is 0 Å². The van der Waals surface area contributed by atoms with Crippen LogP contribution in [0.5, 0.6) is 0 Å². The molecule has 0 spiro atoms. The molecule has 98 valence electrons. The molecule has 3 heteroatoms. The summed E-state index contributed by atoms with van der Waals surface area (Å²) < 4.78 is 0. The summed E-state index contributed by atoms with van der Waals surface area (Å²) in [5.74, 6) is 2.54. The number of nitrogens with two attached hydrogens (primary N) is 1. The summed E-state index contributed by atoms with van der Waals surface area (Å²) in [6.45, 7) is 4.22. The fraction of sp³-hybridized carbons (Fsp3) is 0.929. The Morgan fingerprint density at radius 3 is 2.71 bits per heavy atom. The van der Waals surface area contributed by atoms with Gasteiger partial charge in [-0.15, -0.1) is 0 Å². The van der Waals surface area contributed by atoms with E-state index in [-0.39, 0.29) is 11.9 Å². The molecule has 2 aliphatic rings. The van der Waals surface area contributed by atoms with Crippen molar-refractivity contribution in [2.45, 2.75) is 64.5 Å². The van der Waals surface area contributed by atoms with Crippen LogP contribution in [0.2, 0.25) is 0 Å². The molecule has 2 saturated carbocycles. The van der Waals surface area contributed by atoms with E-state index in [4.69, 9.17) is 5.73 Å². The highest BCUT2D eigenvalue weighted by molar-refractivity contribution is 5.81. The molecular formula is C14H26N2O. The van der Waals surface area contributed by atoms with Gasteiger partial charge in [-0.2, -0.15) is 0 Å². The average Bonchev–Trinajstić information content (AvgIpc) is 2.90. The van der Waals surface area contributed by atoms with Crippen LogP contribution in [0.4, 0.5) is 0 Å². The number of carbonyl (C=O) groups excluding carboxylic acids is 1. The van der Waals surface area contributed by atoms with Crippen molar-refractivity contribution in [1.82, 2.24) is 5.32 Å². The Bertz CT molecular complexity index is 279. The van der Waals surface area contributed by atoms with Gasteiger partial charge in [-0.25, -0.2) is 0 Å². The second-order valence-corrected chi connectivity index (χ2v) is 6.03. The maximum absolute atomic E-state index is 11.9. The van der Waals surface area contributed by atoms with E-state index in [2.05, 4.69) is 19.2 Å². The minimum atomic E-state index is -0.318. The third-order valence-electron chi connectivity index (χ3n) is 4.74. The van der Waals surface area contributed by atoms with E-state index in [0.29, 0.717) is 12.0 Å². The first-order valence-electron chi connectivity index (χ1n) is 7.17. The van der Waals surface area contributed by atoms with Crippen molar-refractivity contribution < 1.29 is 4.79 Å². The molecule has 0 aromatic rings. The Balaban J connectivity index is 1.81. The molecule has 1 amide bonds. The lowest BCUT2D eigenvalue weighted by atomic mass is 9.84. The lowest BCUT2D eigenvalue weighted by Crippen LogP contribution is -2.47. The Morgan fingerprint density at radius 1 is 1.41 bits per heavy atom. The minimum absolute atomic E-state index is 0.0436. The fourth-order valence-electron chi connectivity index (χ4n) is 3.79. The highest BCUT2D eigenvalue weighted by Crippen LogP contribution is 2.49. The first-order chi connectivity index (χ1) is 8.11. The first-order valence-corrected chi connectivity index (χ1v) is 7.17. The second kappa shape index (κ2) is 5.38. The zero-order chi connectivity index (χ0) is 12.4. The Kier molecular flexibility index (Phi) is 4.08. The summed E-state index contributed by atoms with van der Waals surface area (Å²) in [6.07, 6.45) is 7.25. The van der Waals surface area contributed by atoms with Gasteiger partial charge in [0.2, 0.25) is 5.91 Å². The van der Waals surface area contributed by atoms with Crippen LogP contribution in [0.1, 0.15) is 52.4 Å². The molecule has 2 bridgehead atoms. The van der Waals surface area contributed by atoms with Crippen LogP contribution >= 0.6 is 0 Å². The van der Waals surface area contributed by atoms with Gasteiger partial charge in [0.05, 0.1) is 6.04 Å². The summed E-state index contributed by atoms with van der Waals surface area (Å²) in [4.78, 5) is 11.9. The van der Waals surface area contributed by atoms with E-state index >= 15 is 0 Å². The predicted octanol–water partition coefficient (Wildman–Crippen LogP) is 2.05. The Labute approximate surface area is 105 Å². The maximum atomic E-state index is 11.9. The summed E-state index contributed by atoms with van der Waals surface area (Å²) >= 11 is 0. The lowest BCUT2D eigenvalue weighted by Gasteiger charge is -2.29. The number of hydrogen-bond donors (Lipinski definition) is 2. The fourth-order valence-corrected chi connectivity index (χ4v) is 3.79. The monoisotopic (exact) mass is 238 g/mol. The molecule has 0 aromatic carbocycles. The lowest BCUT2D eigenvalue weighted by molar-refractivity contribution is -0.123. The van der Waals surface area contributed by atoms with Gasteiger partial charge in [0.15, 0.2) is 0 Å². The van der Waals surface area contributed by atoms with Crippen LogP contribution < -0.4 is 11.1 Å². The van der Waals surface area contributed by atoms with Crippen LogP contribution in [-0.4, -0.2) is 18.0 Å².